The summed E-state index contributed by atoms with van der Waals surface area (Å²) in [5.74, 6) is -1.10. The molecule has 0 aromatic heterocycles. The van der Waals surface area contributed by atoms with Crippen LogP contribution in [0.1, 0.15) is 22.7 Å². The molecule has 0 aliphatic rings. The average molecular weight is 296 g/mol. The summed E-state index contributed by atoms with van der Waals surface area (Å²) in [5.41, 5.74) is 2.44. The Kier molecular flexibility index (Phi) is 4.73. The Labute approximate surface area is 122 Å². The van der Waals surface area contributed by atoms with Crippen molar-refractivity contribution in [1.29, 1.82) is 0 Å². The molecule has 4 heteroatoms. The van der Waals surface area contributed by atoms with Gasteiger partial charge in [-0.1, -0.05) is 29.8 Å². The maximum atomic E-state index is 13.7. The molecule has 0 heterocycles. The number of halogens is 3. The molecule has 2 rings (SSSR count). The fourth-order valence-electron chi connectivity index (χ4n) is 2.19. The number of nitrogens with one attached hydrogen (secondary N) is 1. The van der Waals surface area contributed by atoms with Crippen LogP contribution >= 0.6 is 11.6 Å². The van der Waals surface area contributed by atoms with E-state index in [1.54, 1.807) is 7.05 Å². The van der Waals surface area contributed by atoms with Crippen molar-refractivity contribution < 1.29 is 8.78 Å². The quantitative estimate of drug-likeness (QED) is 0.880. The molecule has 1 N–H and O–H groups in total. The van der Waals surface area contributed by atoms with Gasteiger partial charge in [0.05, 0.1) is 0 Å². The van der Waals surface area contributed by atoms with E-state index in [0.29, 0.717) is 17.0 Å². The molecule has 1 nitrogen and oxygen atoms in total. The monoisotopic (exact) mass is 295 g/mol. The third kappa shape index (κ3) is 3.35. The molecule has 0 saturated carbocycles. The van der Waals surface area contributed by atoms with Gasteiger partial charge in [-0.15, -0.1) is 0 Å². The van der Waals surface area contributed by atoms with Gasteiger partial charge >= 0.3 is 0 Å². The predicted octanol–water partition coefficient (Wildman–Crippen LogP) is 4.43. The van der Waals surface area contributed by atoms with Gasteiger partial charge in [-0.3, -0.25) is 0 Å². The first-order valence-electron chi connectivity index (χ1n) is 6.38. The third-order valence-electron chi connectivity index (χ3n) is 3.32. The van der Waals surface area contributed by atoms with Crippen molar-refractivity contribution in [3.8, 4) is 0 Å². The van der Waals surface area contributed by atoms with Crippen molar-refractivity contribution >= 4 is 11.6 Å². The van der Waals surface area contributed by atoms with Gasteiger partial charge in [0, 0.05) is 17.1 Å². The molecule has 0 bridgehead atoms. The van der Waals surface area contributed by atoms with E-state index in [-0.39, 0.29) is 6.04 Å². The van der Waals surface area contributed by atoms with Gasteiger partial charge < -0.3 is 5.32 Å². The minimum absolute atomic E-state index is 0.122. The zero-order valence-electron chi connectivity index (χ0n) is 11.4. The van der Waals surface area contributed by atoms with Crippen LogP contribution in [0.25, 0.3) is 0 Å². The highest BCUT2D eigenvalue weighted by molar-refractivity contribution is 6.31. The second-order valence-corrected chi connectivity index (χ2v) is 5.21. The smallest absolute Gasteiger partial charge is 0.129 e. The first-order chi connectivity index (χ1) is 9.51. The molecule has 2 aromatic rings. The second kappa shape index (κ2) is 6.33. The minimum Gasteiger partial charge on any atom is -0.313 e. The molecule has 0 aliphatic heterocycles. The van der Waals surface area contributed by atoms with Crippen LogP contribution in [-0.4, -0.2) is 7.05 Å². The molecule has 106 valence electrons. The van der Waals surface area contributed by atoms with Crippen LogP contribution in [0.3, 0.4) is 0 Å². The number of hydrogen-bond acceptors (Lipinski definition) is 1. The summed E-state index contributed by atoms with van der Waals surface area (Å²) < 4.78 is 26.6. The van der Waals surface area contributed by atoms with Crippen LogP contribution < -0.4 is 5.32 Å². The topological polar surface area (TPSA) is 12.0 Å². The van der Waals surface area contributed by atoms with Gasteiger partial charge in [0.2, 0.25) is 0 Å². The van der Waals surface area contributed by atoms with Crippen molar-refractivity contribution in [2.45, 2.75) is 19.4 Å². The summed E-state index contributed by atoms with van der Waals surface area (Å²) in [6.45, 7) is 1.96. The van der Waals surface area contributed by atoms with Gasteiger partial charge in [-0.25, -0.2) is 8.78 Å². The highest BCUT2D eigenvalue weighted by Gasteiger charge is 2.16. The zero-order chi connectivity index (χ0) is 14.7. The van der Waals surface area contributed by atoms with Crippen molar-refractivity contribution in [2.24, 2.45) is 0 Å². The lowest BCUT2D eigenvalue weighted by Gasteiger charge is -2.19. The van der Waals surface area contributed by atoms with Gasteiger partial charge in [-0.05, 0) is 49.2 Å². The standard InChI is InChI=1S/C16H16ClF2N/c1-10-3-6-13(14(17)7-10)16(20-2)8-11-4-5-12(18)9-15(11)19/h3-7,9,16,20H,8H2,1-2H3. The maximum absolute atomic E-state index is 13.7. The highest BCUT2D eigenvalue weighted by atomic mass is 35.5. The van der Waals surface area contributed by atoms with E-state index in [0.717, 1.165) is 17.2 Å². The summed E-state index contributed by atoms with van der Waals surface area (Å²) in [6.07, 6.45) is 0.408. The average Bonchev–Trinajstić information content (AvgIpc) is 2.39. The van der Waals surface area contributed by atoms with Crippen LogP contribution in [0.4, 0.5) is 8.78 Å². The number of aryl methyl sites for hydroxylation is 1. The molecule has 0 radical (unpaired) electrons. The molecule has 0 amide bonds. The summed E-state index contributed by atoms with van der Waals surface area (Å²) in [6, 6.07) is 9.29. The fraction of sp³-hybridized carbons (Fsp3) is 0.250. The highest BCUT2D eigenvalue weighted by Crippen LogP contribution is 2.27. The van der Waals surface area contributed by atoms with Gasteiger partial charge in [0.1, 0.15) is 11.6 Å². The van der Waals surface area contributed by atoms with Gasteiger partial charge in [-0.2, -0.15) is 0 Å². The Morgan fingerprint density at radius 2 is 1.90 bits per heavy atom. The Hall–Kier alpha value is -1.45. The van der Waals surface area contributed by atoms with Crippen molar-refractivity contribution in [3.05, 3.63) is 69.7 Å². The Balaban J connectivity index is 2.28. The number of likely N-dealkylation sites (N-methyl/N-ethyl adjacent to an activating group) is 1. The molecule has 0 saturated heterocycles. The Morgan fingerprint density at radius 3 is 2.50 bits per heavy atom. The molecular weight excluding hydrogens is 280 g/mol. The first kappa shape index (κ1) is 14.9. The molecule has 2 aromatic carbocycles. The van der Waals surface area contributed by atoms with Crippen molar-refractivity contribution in [1.82, 2.24) is 5.32 Å². The molecule has 0 fully saturated rings. The second-order valence-electron chi connectivity index (χ2n) is 4.81. The summed E-state index contributed by atoms with van der Waals surface area (Å²) in [4.78, 5) is 0. The lowest BCUT2D eigenvalue weighted by Crippen LogP contribution is -2.20. The lowest BCUT2D eigenvalue weighted by molar-refractivity contribution is 0.541. The van der Waals surface area contributed by atoms with Crippen LogP contribution in [0.5, 0.6) is 0 Å². The van der Waals surface area contributed by atoms with Crippen LogP contribution in [0.2, 0.25) is 5.02 Å². The van der Waals surface area contributed by atoms with E-state index < -0.39 is 11.6 Å². The van der Waals surface area contributed by atoms with E-state index in [9.17, 15) is 8.78 Å². The van der Waals surface area contributed by atoms with E-state index in [2.05, 4.69) is 5.32 Å². The SMILES string of the molecule is CNC(Cc1ccc(F)cc1F)c1ccc(C)cc1Cl. The van der Waals surface area contributed by atoms with Crippen LogP contribution in [-0.2, 0) is 6.42 Å². The summed E-state index contributed by atoms with van der Waals surface area (Å²) in [5, 5.41) is 3.77. The van der Waals surface area contributed by atoms with Crippen molar-refractivity contribution in [2.75, 3.05) is 7.05 Å². The normalized spacial score (nSPS) is 12.4. The Bertz CT molecular complexity index is 613. The van der Waals surface area contributed by atoms with Gasteiger partial charge in [0.15, 0.2) is 0 Å². The largest absolute Gasteiger partial charge is 0.313 e. The molecule has 20 heavy (non-hydrogen) atoms. The van der Waals surface area contributed by atoms with Gasteiger partial charge in [0.25, 0.3) is 0 Å². The molecule has 0 spiro atoms. The fourth-order valence-corrected chi connectivity index (χ4v) is 2.56. The van der Waals surface area contributed by atoms with Crippen LogP contribution in [0.15, 0.2) is 36.4 Å². The molecule has 1 atom stereocenters. The van der Waals surface area contributed by atoms with E-state index in [1.807, 2.05) is 25.1 Å². The predicted molar refractivity (Wildman–Crippen MR) is 78.1 cm³/mol. The third-order valence-corrected chi connectivity index (χ3v) is 3.65. The summed E-state index contributed by atoms with van der Waals surface area (Å²) >= 11 is 6.24. The van der Waals surface area contributed by atoms with Crippen molar-refractivity contribution in [3.63, 3.8) is 0 Å². The minimum atomic E-state index is -0.569. The number of rotatable bonds is 4. The van der Waals surface area contributed by atoms with E-state index in [1.165, 1.54) is 12.1 Å². The molecule has 1 unspecified atom stereocenters. The zero-order valence-corrected chi connectivity index (χ0v) is 12.1. The maximum Gasteiger partial charge on any atom is 0.129 e. The summed E-state index contributed by atoms with van der Waals surface area (Å²) in [7, 11) is 1.79. The number of benzene rings is 2. The lowest BCUT2D eigenvalue weighted by atomic mass is 9.97. The van der Waals surface area contributed by atoms with E-state index in [4.69, 9.17) is 11.6 Å². The first-order valence-corrected chi connectivity index (χ1v) is 6.76. The van der Waals surface area contributed by atoms with E-state index >= 15 is 0 Å². The molecular formula is C16H16ClF2N. The number of hydrogen-bond donors (Lipinski definition) is 1. The molecule has 0 aliphatic carbocycles. The van der Waals surface area contributed by atoms with Crippen LogP contribution in [0, 0.1) is 18.6 Å². The Morgan fingerprint density at radius 1 is 1.15 bits per heavy atom.